The average Bonchev–Trinajstić information content (AvgIpc) is 2.79. The molecule has 0 aromatic heterocycles. The third-order valence-corrected chi connectivity index (χ3v) is 4.37. The van der Waals surface area contributed by atoms with Crippen molar-refractivity contribution in [2.45, 2.75) is 45.6 Å². The summed E-state index contributed by atoms with van der Waals surface area (Å²) in [6.07, 6.45) is 8.01. The number of nitrogens with one attached hydrogen (secondary N) is 1. The van der Waals surface area contributed by atoms with Crippen molar-refractivity contribution in [3.8, 4) is 0 Å². The molecule has 2 nitrogen and oxygen atoms in total. The van der Waals surface area contributed by atoms with Crippen molar-refractivity contribution < 1.29 is 0 Å². The molecule has 0 saturated heterocycles. The van der Waals surface area contributed by atoms with E-state index in [-0.39, 0.29) is 0 Å². The summed E-state index contributed by atoms with van der Waals surface area (Å²) in [6.45, 7) is 9.49. The molecule has 0 aromatic carbocycles. The van der Waals surface area contributed by atoms with Crippen molar-refractivity contribution in [1.82, 2.24) is 10.2 Å². The van der Waals surface area contributed by atoms with Crippen molar-refractivity contribution in [3.05, 3.63) is 0 Å². The second-order valence-corrected chi connectivity index (χ2v) is 6.47. The van der Waals surface area contributed by atoms with Gasteiger partial charge in [-0.1, -0.05) is 12.8 Å². The molecule has 17 heavy (non-hydrogen) atoms. The maximum Gasteiger partial charge on any atom is 0.0110 e. The molecule has 0 unspecified atom stereocenters. The van der Waals surface area contributed by atoms with Gasteiger partial charge in [0.05, 0.1) is 0 Å². The van der Waals surface area contributed by atoms with Gasteiger partial charge in [-0.05, 0) is 38.9 Å². The first kappa shape index (κ1) is 15.3. The smallest absolute Gasteiger partial charge is 0.0110 e. The molecule has 1 fully saturated rings. The van der Waals surface area contributed by atoms with Crippen LogP contribution in [-0.4, -0.2) is 49.1 Å². The van der Waals surface area contributed by atoms with E-state index in [2.05, 4.69) is 30.3 Å². The molecular weight excluding hydrogens is 228 g/mol. The van der Waals surface area contributed by atoms with Gasteiger partial charge in [0, 0.05) is 38.0 Å². The third-order valence-electron chi connectivity index (χ3n) is 3.76. The SMILES string of the molecule is CSCCNCCN(CC1CCCC1)C(C)C. The van der Waals surface area contributed by atoms with Crippen LogP contribution >= 0.6 is 11.8 Å². The molecule has 0 bridgehead atoms. The molecule has 102 valence electrons. The Labute approximate surface area is 112 Å². The van der Waals surface area contributed by atoms with Crippen LogP contribution in [0.1, 0.15) is 39.5 Å². The lowest BCUT2D eigenvalue weighted by molar-refractivity contribution is 0.189. The predicted molar refractivity (Wildman–Crippen MR) is 79.9 cm³/mol. The Hall–Kier alpha value is 0.270. The lowest BCUT2D eigenvalue weighted by atomic mass is 10.1. The highest BCUT2D eigenvalue weighted by molar-refractivity contribution is 7.98. The summed E-state index contributed by atoms with van der Waals surface area (Å²) in [5, 5.41) is 3.53. The number of nitrogens with zero attached hydrogens (tertiary/aromatic N) is 1. The van der Waals surface area contributed by atoms with E-state index in [4.69, 9.17) is 0 Å². The Morgan fingerprint density at radius 1 is 1.24 bits per heavy atom. The van der Waals surface area contributed by atoms with Gasteiger partial charge in [0.1, 0.15) is 0 Å². The molecule has 0 amide bonds. The van der Waals surface area contributed by atoms with Gasteiger partial charge in [-0.3, -0.25) is 4.90 Å². The normalized spacial score (nSPS) is 17.5. The highest BCUT2D eigenvalue weighted by Crippen LogP contribution is 2.25. The lowest BCUT2D eigenvalue weighted by Gasteiger charge is -2.29. The molecule has 1 saturated carbocycles. The second kappa shape index (κ2) is 9.23. The van der Waals surface area contributed by atoms with Crippen molar-refractivity contribution in [1.29, 1.82) is 0 Å². The molecule has 1 aliphatic carbocycles. The molecule has 1 aliphatic rings. The zero-order valence-corrected chi connectivity index (χ0v) is 12.7. The van der Waals surface area contributed by atoms with Gasteiger partial charge in [-0.15, -0.1) is 0 Å². The highest BCUT2D eigenvalue weighted by atomic mass is 32.2. The van der Waals surface area contributed by atoms with Crippen LogP contribution in [0.3, 0.4) is 0 Å². The minimum atomic E-state index is 0.693. The first-order chi connectivity index (χ1) is 8.24. The molecule has 1 rings (SSSR count). The van der Waals surface area contributed by atoms with Gasteiger partial charge in [-0.25, -0.2) is 0 Å². The first-order valence-corrected chi connectivity index (χ1v) is 8.57. The topological polar surface area (TPSA) is 15.3 Å². The summed E-state index contributed by atoms with van der Waals surface area (Å²) >= 11 is 1.92. The van der Waals surface area contributed by atoms with Crippen LogP contribution in [0.15, 0.2) is 0 Å². The quantitative estimate of drug-likeness (QED) is 0.640. The summed E-state index contributed by atoms with van der Waals surface area (Å²) in [7, 11) is 0. The third kappa shape index (κ3) is 6.68. The van der Waals surface area contributed by atoms with Crippen LogP contribution in [0, 0.1) is 5.92 Å². The summed E-state index contributed by atoms with van der Waals surface area (Å²) in [6, 6.07) is 0.693. The summed E-state index contributed by atoms with van der Waals surface area (Å²) in [4.78, 5) is 2.65. The lowest BCUT2D eigenvalue weighted by Crippen LogP contribution is -2.40. The largest absolute Gasteiger partial charge is 0.315 e. The Morgan fingerprint density at radius 2 is 1.94 bits per heavy atom. The van der Waals surface area contributed by atoms with E-state index in [0.717, 1.165) is 19.0 Å². The van der Waals surface area contributed by atoms with Crippen molar-refractivity contribution in [2.24, 2.45) is 5.92 Å². The highest BCUT2D eigenvalue weighted by Gasteiger charge is 2.19. The number of rotatable bonds is 9. The Morgan fingerprint density at radius 3 is 2.53 bits per heavy atom. The number of hydrogen-bond donors (Lipinski definition) is 1. The average molecular weight is 258 g/mol. The molecule has 0 heterocycles. The molecule has 0 spiro atoms. The first-order valence-electron chi connectivity index (χ1n) is 7.17. The molecular formula is C14H30N2S. The van der Waals surface area contributed by atoms with Crippen LogP contribution in [0.25, 0.3) is 0 Å². The summed E-state index contributed by atoms with van der Waals surface area (Å²) in [5.74, 6) is 2.20. The van der Waals surface area contributed by atoms with Crippen molar-refractivity contribution in [2.75, 3.05) is 38.2 Å². The summed E-state index contributed by atoms with van der Waals surface area (Å²) < 4.78 is 0. The van der Waals surface area contributed by atoms with Crippen LogP contribution < -0.4 is 5.32 Å². The van der Waals surface area contributed by atoms with E-state index in [9.17, 15) is 0 Å². The standard InChI is InChI=1S/C14H30N2S/c1-13(2)16(10-8-15-9-11-17-3)12-14-6-4-5-7-14/h13-15H,4-12H2,1-3H3. The maximum absolute atomic E-state index is 3.53. The van der Waals surface area contributed by atoms with E-state index in [1.54, 1.807) is 0 Å². The Bertz CT molecular complexity index is 179. The maximum atomic E-state index is 3.53. The minimum absolute atomic E-state index is 0.693. The van der Waals surface area contributed by atoms with Gasteiger partial charge in [0.15, 0.2) is 0 Å². The second-order valence-electron chi connectivity index (χ2n) is 5.48. The molecule has 0 aliphatic heterocycles. The minimum Gasteiger partial charge on any atom is -0.315 e. The van der Waals surface area contributed by atoms with Gasteiger partial charge in [-0.2, -0.15) is 11.8 Å². The van der Waals surface area contributed by atoms with Crippen LogP contribution in [0.5, 0.6) is 0 Å². The fourth-order valence-corrected chi connectivity index (χ4v) is 2.96. The zero-order valence-electron chi connectivity index (χ0n) is 11.9. The van der Waals surface area contributed by atoms with Crippen LogP contribution in [0.2, 0.25) is 0 Å². The molecule has 0 atom stereocenters. The van der Waals surface area contributed by atoms with Crippen LogP contribution in [-0.2, 0) is 0 Å². The fraction of sp³-hybridized carbons (Fsp3) is 1.00. The molecule has 1 N–H and O–H groups in total. The Kier molecular flexibility index (Phi) is 8.33. The van der Waals surface area contributed by atoms with Gasteiger partial charge in [0.2, 0.25) is 0 Å². The predicted octanol–water partition coefficient (Wildman–Crippen LogP) is 2.84. The van der Waals surface area contributed by atoms with E-state index >= 15 is 0 Å². The monoisotopic (exact) mass is 258 g/mol. The van der Waals surface area contributed by atoms with Crippen molar-refractivity contribution in [3.63, 3.8) is 0 Å². The molecule has 0 radical (unpaired) electrons. The Balaban J connectivity index is 2.13. The number of hydrogen-bond acceptors (Lipinski definition) is 3. The fourth-order valence-electron chi connectivity index (χ4n) is 2.61. The van der Waals surface area contributed by atoms with E-state index in [0.29, 0.717) is 6.04 Å². The van der Waals surface area contributed by atoms with E-state index in [1.165, 1.54) is 44.5 Å². The van der Waals surface area contributed by atoms with Crippen LogP contribution in [0.4, 0.5) is 0 Å². The van der Waals surface area contributed by atoms with Crippen molar-refractivity contribution >= 4 is 11.8 Å². The van der Waals surface area contributed by atoms with Gasteiger partial charge >= 0.3 is 0 Å². The number of thioether (sulfide) groups is 1. The zero-order chi connectivity index (χ0) is 12.5. The summed E-state index contributed by atoms with van der Waals surface area (Å²) in [5.41, 5.74) is 0. The van der Waals surface area contributed by atoms with E-state index in [1.807, 2.05) is 11.8 Å². The van der Waals surface area contributed by atoms with E-state index < -0.39 is 0 Å². The molecule has 3 heteroatoms. The van der Waals surface area contributed by atoms with Gasteiger partial charge < -0.3 is 5.32 Å². The van der Waals surface area contributed by atoms with Gasteiger partial charge in [0.25, 0.3) is 0 Å². The molecule has 0 aromatic rings.